The predicted molar refractivity (Wildman–Crippen MR) is 78.0 cm³/mol. The molecule has 2 N–H and O–H groups in total. The molecule has 0 spiro atoms. The summed E-state index contributed by atoms with van der Waals surface area (Å²) in [5.41, 5.74) is 0.558. The minimum atomic E-state index is -1.15. The van der Waals surface area contributed by atoms with Crippen molar-refractivity contribution in [3.8, 4) is 6.07 Å². The molecular weight excluding hydrogens is 338 g/mol. The average molecular weight is 346 g/mol. The molecule has 0 aliphatic rings. The van der Waals surface area contributed by atoms with Gasteiger partial charge in [-0.3, -0.25) is 4.79 Å². The number of nitriles is 1. The first-order chi connectivity index (χ1) is 10.0. The number of carboxylic acids is 1. The smallest absolute Gasteiger partial charge is 0.337 e. The molecule has 1 heterocycles. The number of rotatable bonds is 3. The van der Waals surface area contributed by atoms with Crippen LogP contribution in [-0.4, -0.2) is 22.0 Å². The molecule has 0 saturated carbocycles. The second-order valence-electron chi connectivity index (χ2n) is 3.99. The first-order valence-corrected chi connectivity index (χ1v) is 6.51. The van der Waals surface area contributed by atoms with Crippen LogP contribution in [0, 0.1) is 11.3 Å². The van der Waals surface area contributed by atoms with Crippen molar-refractivity contribution in [2.24, 2.45) is 0 Å². The highest BCUT2D eigenvalue weighted by molar-refractivity contribution is 9.10. The van der Waals surface area contributed by atoms with Crippen LogP contribution in [0.25, 0.3) is 0 Å². The van der Waals surface area contributed by atoms with Crippen molar-refractivity contribution in [3.63, 3.8) is 0 Å². The Labute approximate surface area is 128 Å². The molecule has 0 bridgehead atoms. The molecule has 7 heteroatoms. The van der Waals surface area contributed by atoms with Gasteiger partial charge in [0, 0.05) is 10.7 Å². The SMILES string of the molecule is N#Cc1ccc(C(=O)Nc2ccc(Br)cc2C(=O)O)nc1. The Balaban J connectivity index is 2.27. The van der Waals surface area contributed by atoms with Crippen LogP contribution >= 0.6 is 15.9 Å². The number of aromatic carboxylic acids is 1. The number of nitrogens with zero attached hydrogens (tertiary/aromatic N) is 2. The maximum atomic E-state index is 12.0. The fourth-order valence-electron chi connectivity index (χ4n) is 1.58. The lowest BCUT2D eigenvalue weighted by Gasteiger charge is -2.08. The standard InChI is InChI=1S/C14H8BrN3O3/c15-9-2-4-11(10(5-9)14(20)21)18-13(19)12-3-1-8(6-16)7-17-12/h1-5,7H,(H,18,19)(H,20,21). The minimum absolute atomic E-state index is 0.0358. The van der Waals surface area contributed by atoms with Crippen LogP contribution in [0.5, 0.6) is 0 Å². The molecule has 1 aromatic carbocycles. The first-order valence-electron chi connectivity index (χ1n) is 5.71. The first kappa shape index (κ1) is 14.7. The van der Waals surface area contributed by atoms with E-state index in [1.807, 2.05) is 6.07 Å². The topological polar surface area (TPSA) is 103 Å². The van der Waals surface area contributed by atoms with E-state index in [4.69, 9.17) is 10.4 Å². The number of aromatic nitrogens is 1. The van der Waals surface area contributed by atoms with Crippen LogP contribution in [0.4, 0.5) is 5.69 Å². The maximum absolute atomic E-state index is 12.0. The van der Waals surface area contributed by atoms with Crippen LogP contribution in [0.15, 0.2) is 41.0 Å². The Bertz CT molecular complexity index is 751. The van der Waals surface area contributed by atoms with Gasteiger partial charge in [-0.05, 0) is 30.3 Å². The molecule has 0 fully saturated rings. The Hall–Kier alpha value is -2.72. The zero-order valence-corrected chi connectivity index (χ0v) is 12.1. The van der Waals surface area contributed by atoms with E-state index in [1.54, 1.807) is 6.07 Å². The summed E-state index contributed by atoms with van der Waals surface area (Å²) in [5, 5.41) is 20.3. The molecular formula is C14H8BrN3O3. The van der Waals surface area contributed by atoms with E-state index < -0.39 is 11.9 Å². The summed E-state index contributed by atoms with van der Waals surface area (Å²) in [7, 11) is 0. The number of amides is 1. The van der Waals surface area contributed by atoms with E-state index in [0.29, 0.717) is 10.0 Å². The van der Waals surface area contributed by atoms with Crippen LogP contribution in [0.1, 0.15) is 26.4 Å². The van der Waals surface area contributed by atoms with Crippen molar-refractivity contribution in [3.05, 3.63) is 57.8 Å². The van der Waals surface area contributed by atoms with Gasteiger partial charge < -0.3 is 10.4 Å². The average Bonchev–Trinajstić information content (AvgIpc) is 2.49. The van der Waals surface area contributed by atoms with Crippen LogP contribution in [-0.2, 0) is 0 Å². The Morgan fingerprint density at radius 2 is 2.05 bits per heavy atom. The van der Waals surface area contributed by atoms with Gasteiger partial charge in [-0.15, -0.1) is 0 Å². The number of benzene rings is 1. The summed E-state index contributed by atoms with van der Waals surface area (Å²) >= 11 is 3.17. The van der Waals surface area contributed by atoms with Crippen molar-refractivity contribution in [2.45, 2.75) is 0 Å². The third kappa shape index (κ3) is 3.43. The van der Waals surface area contributed by atoms with E-state index >= 15 is 0 Å². The van der Waals surface area contributed by atoms with Gasteiger partial charge in [0.05, 0.1) is 16.8 Å². The van der Waals surface area contributed by atoms with Gasteiger partial charge in [0.15, 0.2) is 0 Å². The van der Waals surface area contributed by atoms with Crippen LogP contribution < -0.4 is 5.32 Å². The number of hydrogen-bond donors (Lipinski definition) is 2. The number of halogens is 1. The van der Waals surface area contributed by atoms with E-state index in [-0.39, 0.29) is 16.9 Å². The maximum Gasteiger partial charge on any atom is 0.337 e. The molecule has 0 unspecified atom stereocenters. The van der Waals surface area contributed by atoms with Gasteiger partial charge in [-0.2, -0.15) is 5.26 Å². The quantitative estimate of drug-likeness (QED) is 0.889. The lowest BCUT2D eigenvalue weighted by molar-refractivity contribution is 0.0698. The fraction of sp³-hybridized carbons (Fsp3) is 0. The highest BCUT2D eigenvalue weighted by atomic mass is 79.9. The third-order valence-corrected chi connectivity index (χ3v) is 3.08. The lowest BCUT2D eigenvalue weighted by Crippen LogP contribution is -2.16. The van der Waals surface area contributed by atoms with Gasteiger partial charge in [-0.1, -0.05) is 15.9 Å². The van der Waals surface area contributed by atoms with Gasteiger partial charge in [-0.25, -0.2) is 9.78 Å². The number of carboxylic acid groups (broad SMARTS) is 1. The van der Waals surface area contributed by atoms with Gasteiger partial charge in [0.1, 0.15) is 11.8 Å². The Kier molecular flexibility index (Phi) is 4.30. The summed E-state index contributed by atoms with van der Waals surface area (Å²) in [6, 6.07) is 9.25. The largest absolute Gasteiger partial charge is 0.478 e. The van der Waals surface area contributed by atoms with Crippen LogP contribution in [0.3, 0.4) is 0 Å². The van der Waals surface area contributed by atoms with Gasteiger partial charge in [0.2, 0.25) is 0 Å². The summed E-state index contributed by atoms with van der Waals surface area (Å²) in [6.45, 7) is 0. The zero-order chi connectivity index (χ0) is 15.4. The summed E-state index contributed by atoms with van der Waals surface area (Å²) < 4.78 is 0.592. The van der Waals surface area contributed by atoms with Crippen molar-refractivity contribution in [1.82, 2.24) is 4.98 Å². The zero-order valence-electron chi connectivity index (χ0n) is 10.5. The minimum Gasteiger partial charge on any atom is -0.478 e. The molecule has 104 valence electrons. The van der Waals surface area contributed by atoms with E-state index in [1.165, 1.54) is 30.5 Å². The Morgan fingerprint density at radius 1 is 1.29 bits per heavy atom. The predicted octanol–water partition coefficient (Wildman–Crippen LogP) is 2.67. The molecule has 21 heavy (non-hydrogen) atoms. The van der Waals surface area contributed by atoms with Crippen molar-refractivity contribution in [2.75, 3.05) is 5.32 Å². The molecule has 0 atom stereocenters. The number of hydrogen-bond acceptors (Lipinski definition) is 4. The summed E-state index contributed by atoms with van der Waals surface area (Å²) in [4.78, 5) is 27.0. The van der Waals surface area contributed by atoms with Gasteiger partial charge in [0.25, 0.3) is 5.91 Å². The number of carbonyl (C=O) groups is 2. The molecule has 6 nitrogen and oxygen atoms in total. The van der Waals surface area contributed by atoms with Crippen molar-refractivity contribution in [1.29, 1.82) is 5.26 Å². The third-order valence-electron chi connectivity index (χ3n) is 2.59. The van der Waals surface area contributed by atoms with Crippen LogP contribution in [0.2, 0.25) is 0 Å². The number of pyridine rings is 1. The van der Waals surface area contributed by atoms with Gasteiger partial charge >= 0.3 is 5.97 Å². The number of carbonyl (C=O) groups excluding carboxylic acids is 1. The molecule has 0 radical (unpaired) electrons. The molecule has 0 saturated heterocycles. The van der Waals surface area contributed by atoms with E-state index in [9.17, 15) is 9.59 Å². The molecule has 0 aliphatic heterocycles. The molecule has 1 aromatic heterocycles. The Morgan fingerprint density at radius 3 is 2.62 bits per heavy atom. The normalized spacial score (nSPS) is 9.71. The lowest BCUT2D eigenvalue weighted by atomic mass is 10.1. The monoisotopic (exact) mass is 345 g/mol. The summed E-state index contributed by atoms with van der Waals surface area (Å²) in [5.74, 6) is -1.70. The highest BCUT2D eigenvalue weighted by Gasteiger charge is 2.14. The molecule has 2 rings (SSSR count). The van der Waals surface area contributed by atoms with Crippen molar-refractivity contribution < 1.29 is 14.7 Å². The number of anilines is 1. The highest BCUT2D eigenvalue weighted by Crippen LogP contribution is 2.21. The van der Waals surface area contributed by atoms with E-state index in [0.717, 1.165) is 0 Å². The summed E-state index contributed by atoms with van der Waals surface area (Å²) in [6.07, 6.45) is 1.27. The second kappa shape index (κ2) is 6.15. The molecule has 2 aromatic rings. The van der Waals surface area contributed by atoms with Crippen molar-refractivity contribution >= 4 is 33.5 Å². The molecule has 1 amide bonds. The number of nitrogens with one attached hydrogen (secondary N) is 1. The second-order valence-corrected chi connectivity index (χ2v) is 4.91. The fourth-order valence-corrected chi connectivity index (χ4v) is 1.94. The molecule has 0 aliphatic carbocycles. The van der Waals surface area contributed by atoms with E-state index in [2.05, 4.69) is 26.2 Å².